The standard InChI is InChI=1S/C21H13F7N4O3S/c1-2-36(34,35)16-7-12(11-5-14(21(26,27)28)8-15(22)6-11)9-29-18(16)32-19(33)31-10-13(20(23,24)25)3-4-17(31)30-32/h3-10H,2H2,1H3. The van der Waals surface area contributed by atoms with Crippen molar-refractivity contribution in [3.05, 3.63) is 76.2 Å². The topological polar surface area (TPSA) is 86.3 Å². The molecule has 0 radical (unpaired) electrons. The zero-order valence-electron chi connectivity index (χ0n) is 17.9. The number of aromatic nitrogens is 4. The van der Waals surface area contributed by atoms with Crippen LogP contribution in [0.4, 0.5) is 30.7 Å². The Kier molecular flexibility index (Phi) is 5.93. The van der Waals surface area contributed by atoms with E-state index in [2.05, 4.69) is 10.1 Å². The molecule has 4 rings (SSSR count). The van der Waals surface area contributed by atoms with E-state index in [0.29, 0.717) is 27.4 Å². The first kappa shape index (κ1) is 25.3. The fraction of sp³-hybridized carbons (Fsp3) is 0.190. The number of benzene rings is 1. The highest BCUT2D eigenvalue weighted by molar-refractivity contribution is 7.91. The SMILES string of the molecule is CCS(=O)(=O)c1cc(-c2cc(F)cc(C(F)(F)F)c2)cnc1-n1nc2ccc(C(F)(F)F)cn2c1=O. The van der Waals surface area contributed by atoms with Gasteiger partial charge < -0.3 is 0 Å². The van der Waals surface area contributed by atoms with E-state index in [4.69, 9.17) is 0 Å². The highest BCUT2D eigenvalue weighted by Crippen LogP contribution is 2.34. The fourth-order valence-electron chi connectivity index (χ4n) is 3.34. The molecular weight excluding hydrogens is 521 g/mol. The van der Waals surface area contributed by atoms with E-state index >= 15 is 0 Å². The summed E-state index contributed by atoms with van der Waals surface area (Å²) in [6, 6.07) is 4.07. The molecule has 0 saturated carbocycles. The fourth-order valence-corrected chi connectivity index (χ4v) is 4.37. The number of hydrogen-bond acceptors (Lipinski definition) is 5. The van der Waals surface area contributed by atoms with E-state index in [1.165, 1.54) is 6.92 Å². The van der Waals surface area contributed by atoms with Crippen LogP contribution in [0.25, 0.3) is 22.6 Å². The smallest absolute Gasteiger partial charge is 0.249 e. The molecule has 0 bridgehead atoms. The molecule has 0 aliphatic rings. The van der Waals surface area contributed by atoms with E-state index in [9.17, 15) is 43.9 Å². The summed E-state index contributed by atoms with van der Waals surface area (Å²) in [6.07, 6.45) is -8.28. The molecule has 15 heteroatoms. The van der Waals surface area contributed by atoms with Gasteiger partial charge in [0, 0.05) is 18.0 Å². The Balaban J connectivity index is 1.95. The predicted molar refractivity (Wildman–Crippen MR) is 112 cm³/mol. The third-order valence-electron chi connectivity index (χ3n) is 5.15. The minimum atomic E-state index is -4.89. The van der Waals surface area contributed by atoms with Gasteiger partial charge in [0.1, 0.15) is 10.7 Å². The van der Waals surface area contributed by atoms with E-state index in [0.717, 1.165) is 24.4 Å². The van der Waals surface area contributed by atoms with Crippen LogP contribution >= 0.6 is 0 Å². The second-order valence-electron chi connectivity index (χ2n) is 7.51. The minimum Gasteiger partial charge on any atom is -0.249 e. The van der Waals surface area contributed by atoms with Crippen molar-refractivity contribution in [3.63, 3.8) is 0 Å². The van der Waals surface area contributed by atoms with Gasteiger partial charge >= 0.3 is 18.0 Å². The van der Waals surface area contributed by atoms with Gasteiger partial charge in [-0.3, -0.25) is 0 Å². The average Bonchev–Trinajstić information content (AvgIpc) is 3.13. The molecule has 0 amide bonds. The van der Waals surface area contributed by atoms with E-state index < -0.39 is 61.3 Å². The monoisotopic (exact) mass is 534 g/mol. The molecule has 0 aliphatic heterocycles. The lowest BCUT2D eigenvalue weighted by Crippen LogP contribution is -2.23. The quantitative estimate of drug-likeness (QED) is 0.360. The minimum absolute atomic E-state index is 0.216. The van der Waals surface area contributed by atoms with E-state index in [1.807, 2.05) is 0 Å². The number of pyridine rings is 2. The lowest BCUT2D eigenvalue weighted by molar-refractivity contribution is -0.138. The van der Waals surface area contributed by atoms with Crippen LogP contribution in [0.5, 0.6) is 0 Å². The number of halogens is 7. The third kappa shape index (κ3) is 4.57. The van der Waals surface area contributed by atoms with Gasteiger partial charge in [-0.1, -0.05) is 6.92 Å². The second-order valence-corrected chi connectivity index (χ2v) is 9.76. The van der Waals surface area contributed by atoms with Gasteiger partial charge in [0.25, 0.3) is 0 Å². The average molecular weight is 534 g/mol. The van der Waals surface area contributed by atoms with Gasteiger partial charge in [-0.15, -0.1) is 5.10 Å². The van der Waals surface area contributed by atoms with E-state index in [-0.39, 0.29) is 22.8 Å². The largest absolute Gasteiger partial charge is 0.417 e. The van der Waals surface area contributed by atoms with Gasteiger partial charge in [0.2, 0.25) is 0 Å². The predicted octanol–water partition coefficient (Wildman–Crippen LogP) is 4.52. The molecule has 0 aliphatic carbocycles. The number of sulfone groups is 1. The zero-order chi connectivity index (χ0) is 26.6. The van der Waals surface area contributed by atoms with Crippen molar-refractivity contribution in [3.8, 4) is 16.9 Å². The van der Waals surface area contributed by atoms with Crippen molar-refractivity contribution in [2.45, 2.75) is 24.2 Å². The first-order chi connectivity index (χ1) is 16.6. The summed E-state index contributed by atoms with van der Waals surface area (Å²) in [4.78, 5) is 16.1. The van der Waals surface area contributed by atoms with Gasteiger partial charge in [0.15, 0.2) is 21.3 Å². The summed E-state index contributed by atoms with van der Waals surface area (Å²) in [5.41, 5.74) is -4.46. The van der Waals surface area contributed by atoms with Crippen LogP contribution in [0.1, 0.15) is 18.1 Å². The van der Waals surface area contributed by atoms with Crippen molar-refractivity contribution in [2.75, 3.05) is 5.75 Å². The summed E-state index contributed by atoms with van der Waals surface area (Å²) in [7, 11) is -4.21. The Bertz CT molecular complexity index is 1660. The molecule has 190 valence electrons. The Morgan fingerprint density at radius 2 is 1.58 bits per heavy atom. The van der Waals surface area contributed by atoms with Gasteiger partial charge in [0.05, 0.1) is 16.9 Å². The molecule has 0 atom stereocenters. The molecule has 0 saturated heterocycles. The maximum absolute atomic E-state index is 13.9. The first-order valence-electron chi connectivity index (χ1n) is 9.92. The van der Waals surface area contributed by atoms with E-state index in [1.54, 1.807) is 0 Å². The lowest BCUT2D eigenvalue weighted by Gasteiger charge is -2.12. The van der Waals surface area contributed by atoms with Crippen LogP contribution in [0.15, 0.2) is 58.5 Å². The molecule has 4 aromatic rings. The summed E-state index contributed by atoms with van der Waals surface area (Å²) < 4.78 is 119. The molecule has 1 aromatic carbocycles. The molecule has 3 heterocycles. The lowest BCUT2D eigenvalue weighted by atomic mass is 10.0. The molecule has 0 fully saturated rings. The molecule has 7 nitrogen and oxygen atoms in total. The Morgan fingerprint density at radius 3 is 2.19 bits per heavy atom. The zero-order valence-corrected chi connectivity index (χ0v) is 18.7. The summed E-state index contributed by atoms with van der Waals surface area (Å²) in [5.74, 6) is -2.35. The Hall–Kier alpha value is -3.75. The van der Waals surface area contributed by atoms with Crippen LogP contribution < -0.4 is 5.69 Å². The number of nitrogens with zero attached hydrogens (tertiary/aromatic N) is 4. The number of rotatable bonds is 4. The van der Waals surface area contributed by atoms with Crippen molar-refractivity contribution in [2.24, 2.45) is 0 Å². The third-order valence-corrected chi connectivity index (χ3v) is 6.88. The Morgan fingerprint density at radius 1 is 0.917 bits per heavy atom. The van der Waals surface area contributed by atoms with Crippen LogP contribution in [-0.4, -0.2) is 33.3 Å². The molecule has 3 aromatic heterocycles. The van der Waals surface area contributed by atoms with Crippen LogP contribution in [-0.2, 0) is 22.2 Å². The van der Waals surface area contributed by atoms with Crippen molar-refractivity contribution >= 4 is 15.5 Å². The normalized spacial score (nSPS) is 12.9. The summed E-state index contributed by atoms with van der Waals surface area (Å²) in [5, 5.41) is 3.84. The number of alkyl halides is 6. The number of fused-ring (bicyclic) bond motifs is 1. The maximum Gasteiger partial charge on any atom is 0.417 e. The van der Waals surface area contributed by atoms with Crippen molar-refractivity contribution in [1.82, 2.24) is 19.2 Å². The van der Waals surface area contributed by atoms with Gasteiger partial charge in [-0.2, -0.15) is 31.0 Å². The molecule has 0 N–H and O–H groups in total. The number of hydrogen-bond donors (Lipinski definition) is 0. The maximum atomic E-state index is 13.9. The highest BCUT2D eigenvalue weighted by atomic mass is 32.2. The molecule has 36 heavy (non-hydrogen) atoms. The second kappa shape index (κ2) is 8.43. The Labute approximate surface area is 197 Å². The first-order valence-corrected chi connectivity index (χ1v) is 11.6. The molecular formula is C21H13F7N4O3S. The molecule has 0 unspecified atom stereocenters. The molecule has 0 spiro atoms. The van der Waals surface area contributed by atoms with Crippen molar-refractivity contribution < 1.29 is 39.2 Å². The summed E-state index contributed by atoms with van der Waals surface area (Å²) >= 11 is 0. The van der Waals surface area contributed by atoms with Gasteiger partial charge in [-0.25, -0.2) is 27.0 Å². The highest BCUT2D eigenvalue weighted by Gasteiger charge is 2.33. The van der Waals surface area contributed by atoms with Gasteiger partial charge in [-0.05, 0) is 42.0 Å². The van der Waals surface area contributed by atoms with Crippen LogP contribution in [0.2, 0.25) is 0 Å². The van der Waals surface area contributed by atoms with Crippen molar-refractivity contribution in [1.29, 1.82) is 0 Å². The van der Waals surface area contributed by atoms with Crippen LogP contribution in [0.3, 0.4) is 0 Å². The summed E-state index contributed by atoms with van der Waals surface area (Å²) in [6.45, 7) is 1.25. The van der Waals surface area contributed by atoms with Crippen LogP contribution in [0, 0.1) is 5.82 Å².